The molecule has 2 aromatic rings. The predicted octanol–water partition coefficient (Wildman–Crippen LogP) is 4.50. The van der Waals surface area contributed by atoms with Gasteiger partial charge >= 0.3 is 0 Å². The minimum absolute atomic E-state index is 0.198. The van der Waals surface area contributed by atoms with E-state index in [4.69, 9.17) is 4.98 Å². The number of piperidine rings is 1. The number of hydrogen-bond donors (Lipinski definition) is 0. The van der Waals surface area contributed by atoms with Gasteiger partial charge in [0.25, 0.3) is 5.91 Å². The van der Waals surface area contributed by atoms with E-state index >= 15 is 0 Å². The van der Waals surface area contributed by atoms with Crippen molar-refractivity contribution in [3.8, 4) is 0 Å². The molecule has 3 aliphatic rings. The summed E-state index contributed by atoms with van der Waals surface area (Å²) in [6.45, 7) is 11.7. The highest BCUT2D eigenvalue weighted by atomic mass is 16.2. The number of fused-ring (bicyclic) bond motifs is 1. The molecule has 5 rings (SSSR count). The first-order valence-electron chi connectivity index (χ1n) is 11.3. The van der Waals surface area contributed by atoms with Crippen LogP contribution in [0.4, 0.5) is 0 Å². The maximum atomic E-state index is 13.6. The molecule has 4 nitrogen and oxygen atoms in total. The van der Waals surface area contributed by atoms with Crippen LogP contribution < -0.4 is 0 Å². The van der Waals surface area contributed by atoms with Crippen LogP contribution in [-0.4, -0.2) is 53.4 Å². The Morgan fingerprint density at radius 1 is 1.10 bits per heavy atom. The highest BCUT2D eigenvalue weighted by Gasteiger charge is 2.43. The van der Waals surface area contributed by atoms with Gasteiger partial charge in [-0.3, -0.25) is 9.78 Å². The molecule has 0 N–H and O–H groups in total. The molecular formula is C25H33N3O. The summed E-state index contributed by atoms with van der Waals surface area (Å²) in [5.74, 6) is 1.14. The number of pyridine rings is 1. The zero-order valence-corrected chi connectivity index (χ0v) is 18.1. The average molecular weight is 392 g/mol. The number of aromatic nitrogens is 1. The summed E-state index contributed by atoms with van der Waals surface area (Å²) in [6, 6.07) is 6.27. The molecule has 154 valence electrons. The van der Waals surface area contributed by atoms with Crippen LogP contribution in [0, 0.1) is 32.1 Å². The van der Waals surface area contributed by atoms with E-state index < -0.39 is 0 Å². The van der Waals surface area contributed by atoms with Gasteiger partial charge in [-0.15, -0.1) is 0 Å². The summed E-state index contributed by atoms with van der Waals surface area (Å²) in [7, 11) is 0. The summed E-state index contributed by atoms with van der Waals surface area (Å²) in [6.07, 6.45) is 6.54. The van der Waals surface area contributed by atoms with E-state index in [1.807, 2.05) is 13.0 Å². The molecule has 1 aromatic heterocycles. The quantitative estimate of drug-likeness (QED) is 0.773. The fourth-order valence-corrected chi connectivity index (χ4v) is 5.80. The first-order valence-corrected chi connectivity index (χ1v) is 11.3. The minimum atomic E-state index is 0.198. The Bertz CT molecular complexity index is 959. The molecule has 2 saturated heterocycles. The normalized spacial score (nSPS) is 25.3. The summed E-state index contributed by atoms with van der Waals surface area (Å²) in [4.78, 5) is 23.2. The largest absolute Gasteiger partial charge is 0.338 e. The first kappa shape index (κ1) is 19.0. The van der Waals surface area contributed by atoms with Gasteiger partial charge in [-0.25, -0.2) is 0 Å². The molecule has 2 aliphatic heterocycles. The van der Waals surface area contributed by atoms with Gasteiger partial charge in [0.05, 0.1) is 11.1 Å². The molecule has 0 bridgehead atoms. The van der Waals surface area contributed by atoms with Crippen LogP contribution in [0.2, 0.25) is 0 Å². The molecule has 1 spiro atoms. The van der Waals surface area contributed by atoms with Crippen molar-refractivity contribution < 1.29 is 4.79 Å². The van der Waals surface area contributed by atoms with E-state index in [9.17, 15) is 4.79 Å². The zero-order chi connectivity index (χ0) is 20.2. The van der Waals surface area contributed by atoms with Gasteiger partial charge < -0.3 is 9.80 Å². The van der Waals surface area contributed by atoms with Crippen LogP contribution in [0.1, 0.15) is 59.3 Å². The number of carbonyl (C=O) groups excluding carboxylic acids is 1. The number of rotatable bonds is 3. The van der Waals surface area contributed by atoms with Gasteiger partial charge in [0.1, 0.15) is 0 Å². The SMILES string of the molecule is Cc1cc(C)c2c(C(=O)N3CC[C@]4(CCCN(CC5CC5)C4)C3)cc(C)nc2c1. The Balaban J connectivity index is 1.40. The van der Waals surface area contributed by atoms with Gasteiger partial charge in [-0.05, 0) is 88.6 Å². The molecule has 1 saturated carbocycles. The minimum Gasteiger partial charge on any atom is -0.338 e. The Labute approximate surface area is 174 Å². The van der Waals surface area contributed by atoms with Crippen LogP contribution in [0.5, 0.6) is 0 Å². The average Bonchev–Trinajstić information content (AvgIpc) is 3.39. The smallest absolute Gasteiger partial charge is 0.254 e. The lowest BCUT2D eigenvalue weighted by Crippen LogP contribution is -2.46. The van der Waals surface area contributed by atoms with Crippen LogP contribution >= 0.6 is 0 Å². The summed E-state index contributed by atoms with van der Waals surface area (Å²) in [5, 5.41) is 1.03. The number of hydrogen-bond acceptors (Lipinski definition) is 3. The van der Waals surface area contributed by atoms with Crippen molar-refractivity contribution in [1.82, 2.24) is 14.8 Å². The summed E-state index contributed by atoms with van der Waals surface area (Å²) >= 11 is 0. The van der Waals surface area contributed by atoms with E-state index in [1.165, 1.54) is 50.9 Å². The van der Waals surface area contributed by atoms with Crippen molar-refractivity contribution in [2.75, 3.05) is 32.7 Å². The molecule has 1 aliphatic carbocycles. The lowest BCUT2D eigenvalue weighted by atomic mass is 9.79. The number of nitrogens with zero attached hydrogens (tertiary/aromatic N) is 3. The monoisotopic (exact) mass is 391 g/mol. The van der Waals surface area contributed by atoms with Crippen LogP contribution in [-0.2, 0) is 0 Å². The topological polar surface area (TPSA) is 36.4 Å². The molecule has 4 heteroatoms. The third-order valence-electron chi connectivity index (χ3n) is 7.29. The lowest BCUT2D eigenvalue weighted by Gasteiger charge is -2.40. The molecule has 3 fully saturated rings. The fourth-order valence-electron chi connectivity index (χ4n) is 5.80. The van der Waals surface area contributed by atoms with Gasteiger partial charge in [0, 0.05) is 42.7 Å². The third kappa shape index (κ3) is 3.68. The molecule has 0 radical (unpaired) electrons. The molecular weight excluding hydrogens is 358 g/mol. The van der Waals surface area contributed by atoms with Gasteiger partial charge in [-0.2, -0.15) is 0 Å². The highest BCUT2D eigenvalue weighted by molar-refractivity contribution is 6.07. The summed E-state index contributed by atoms with van der Waals surface area (Å²) in [5.41, 5.74) is 5.38. The number of aryl methyl sites for hydroxylation is 3. The van der Waals surface area contributed by atoms with E-state index in [1.54, 1.807) is 0 Å². The highest BCUT2D eigenvalue weighted by Crippen LogP contribution is 2.41. The molecule has 29 heavy (non-hydrogen) atoms. The predicted molar refractivity (Wildman–Crippen MR) is 117 cm³/mol. The number of benzene rings is 1. The van der Waals surface area contributed by atoms with Crippen molar-refractivity contribution in [3.05, 3.63) is 40.6 Å². The molecule has 0 unspecified atom stereocenters. The van der Waals surface area contributed by atoms with E-state index in [0.717, 1.165) is 53.2 Å². The Hall–Kier alpha value is -1.94. The Morgan fingerprint density at radius 3 is 2.72 bits per heavy atom. The van der Waals surface area contributed by atoms with Crippen molar-refractivity contribution in [2.24, 2.45) is 11.3 Å². The maximum Gasteiger partial charge on any atom is 0.254 e. The second-order valence-corrected chi connectivity index (χ2v) is 10.0. The fraction of sp³-hybridized carbons (Fsp3) is 0.600. The third-order valence-corrected chi connectivity index (χ3v) is 7.29. The van der Waals surface area contributed by atoms with Gasteiger partial charge in [0.15, 0.2) is 0 Å². The van der Waals surface area contributed by atoms with E-state index in [0.29, 0.717) is 5.41 Å². The lowest BCUT2D eigenvalue weighted by molar-refractivity contribution is 0.0682. The number of amides is 1. The molecule has 3 heterocycles. The second kappa shape index (κ2) is 7.09. The van der Waals surface area contributed by atoms with Gasteiger partial charge in [-0.1, -0.05) is 6.07 Å². The first-order chi connectivity index (χ1) is 13.9. The van der Waals surface area contributed by atoms with E-state index in [-0.39, 0.29) is 5.91 Å². The maximum absolute atomic E-state index is 13.6. The molecule has 1 amide bonds. The number of likely N-dealkylation sites (tertiary alicyclic amines) is 2. The standard InChI is InChI=1S/C25H33N3O/c1-17-11-18(2)23-21(13-19(3)26-22(23)12-17)24(29)28-10-8-25(16-28)7-4-9-27(15-25)14-20-5-6-20/h11-13,20H,4-10,14-16H2,1-3H3/t25-/m0/s1. The van der Waals surface area contributed by atoms with Crippen molar-refractivity contribution in [1.29, 1.82) is 0 Å². The van der Waals surface area contributed by atoms with E-state index in [2.05, 4.69) is 35.8 Å². The molecule has 1 atom stereocenters. The van der Waals surface area contributed by atoms with Crippen LogP contribution in [0.25, 0.3) is 10.9 Å². The summed E-state index contributed by atoms with van der Waals surface area (Å²) < 4.78 is 0. The molecule has 1 aromatic carbocycles. The van der Waals surface area contributed by atoms with Crippen molar-refractivity contribution in [2.45, 2.75) is 52.9 Å². The van der Waals surface area contributed by atoms with Crippen molar-refractivity contribution >= 4 is 16.8 Å². The van der Waals surface area contributed by atoms with Crippen molar-refractivity contribution in [3.63, 3.8) is 0 Å². The number of carbonyl (C=O) groups is 1. The Morgan fingerprint density at radius 2 is 1.93 bits per heavy atom. The zero-order valence-electron chi connectivity index (χ0n) is 18.1. The van der Waals surface area contributed by atoms with Gasteiger partial charge in [0.2, 0.25) is 0 Å². The van der Waals surface area contributed by atoms with Crippen LogP contribution in [0.15, 0.2) is 18.2 Å². The second-order valence-electron chi connectivity index (χ2n) is 10.0. The van der Waals surface area contributed by atoms with Crippen LogP contribution in [0.3, 0.4) is 0 Å². The Kier molecular flexibility index (Phi) is 4.65.